The Morgan fingerprint density at radius 1 is 1.32 bits per heavy atom. The van der Waals surface area contributed by atoms with Gasteiger partial charge >= 0.3 is 5.97 Å². The molecule has 1 aromatic carbocycles. The van der Waals surface area contributed by atoms with Gasteiger partial charge in [0.25, 0.3) is 0 Å². The highest BCUT2D eigenvalue weighted by Gasteiger charge is 2.37. The fourth-order valence-electron chi connectivity index (χ4n) is 3.10. The van der Waals surface area contributed by atoms with Crippen LogP contribution in [-0.2, 0) is 22.6 Å². The highest BCUT2D eigenvalue weighted by Crippen LogP contribution is 2.29. The standard InChI is InChI=1S/C17H22N2O3/c1-12(17(21)22)19(15-6-7-15)11-16(20)18-9-8-13-4-2-3-5-14(13)10-18/h2-5,12,15H,6-11H2,1H3,(H,21,22). The predicted octanol–water partition coefficient (Wildman–Crippen LogP) is 1.51. The molecule has 1 aliphatic carbocycles. The third kappa shape index (κ3) is 3.14. The molecule has 3 rings (SSSR count). The smallest absolute Gasteiger partial charge is 0.320 e. The van der Waals surface area contributed by atoms with E-state index in [1.165, 1.54) is 11.1 Å². The van der Waals surface area contributed by atoms with Crippen LogP contribution in [-0.4, -0.2) is 52.0 Å². The number of nitrogens with zero attached hydrogens (tertiary/aromatic N) is 2. The second kappa shape index (κ2) is 6.08. The Hall–Kier alpha value is -1.88. The normalized spacial score (nSPS) is 18.9. The van der Waals surface area contributed by atoms with E-state index in [9.17, 15) is 14.7 Å². The molecule has 0 bridgehead atoms. The number of aliphatic carboxylic acids is 1. The maximum atomic E-state index is 12.6. The van der Waals surface area contributed by atoms with Gasteiger partial charge in [0.15, 0.2) is 0 Å². The summed E-state index contributed by atoms with van der Waals surface area (Å²) >= 11 is 0. The van der Waals surface area contributed by atoms with Crippen molar-refractivity contribution in [1.29, 1.82) is 0 Å². The Morgan fingerprint density at radius 2 is 2.00 bits per heavy atom. The molecule has 1 N–H and O–H groups in total. The topological polar surface area (TPSA) is 60.9 Å². The number of benzene rings is 1. The van der Waals surface area contributed by atoms with Gasteiger partial charge in [-0.15, -0.1) is 0 Å². The Bertz CT molecular complexity index is 583. The molecule has 1 aromatic rings. The van der Waals surface area contributed by atoms with Gasteiger partial charge in [-0.3, -0.25) is 14.5 Å². The van der Waals surface area contributed by atoms with Crippen LogP contribution >= 0.6 is 0 Å². The van der Waals surface area contributed by atoms with E-state index in [1.54, 1.807) is 6.92 Å². The summed E-state index contributed by atoms with van der Waals surface area (Å²) in [5.41, 5.74) is 2.51. The van der Waals surface area contributed by atoms with Gasteiger partial charge in [-0.05, 0) is 37.3 Å². The van der Waals surface area contributed by atoms with Crippen LogP contribution in [0.3, 0.4) is 0 Å². The minimum atomic E-state index is -0.858. The molecule has 1 unspecified atom stereocenters. The van der Waals surface area contributed by atoms with Crippen molar-refractivity contribution in [3.8, 4) is 0 Å². The molecule has 1 amide bonds. The molecule has 0 saturated heterocycles. The van der Waals surface area contributed by atoms with E-state index in [1.807, 2.05) is 21.9 Å². The average Bonchev–Trinajstić information content (AvgIpc) is 3.35. The van der Waals surface area contributed by atoms with Gasteiger partial charge in [-0.1, -0.05) is 24.3 Å². The second-order valence-corrected chi connectivity index (χ2v) is 6.25. The number of carbonyl (C=O) groups is 2. The van der Waals surface area contributed by atoms with Crippen molar-refractivity contribution >= 4 is 11.9 Å². The van der Waals surface area contributed by atoms with E-state index in [2.05, 4.69) is 12.1 Å². The summed E-state index contributed by atoms with van der Waals surface area (Å²) in [5, 5.41) is 9.22. The number of fused-ring (bicyclic) bond motifs is 1. The fraction of sp³-hybridized carbons (Fsp3) is 0.529. The molecule has 1 fully saturated rings. The molecule has 0 aromatic heterocycles. The second-order valence-electron chi connectivity index (χ2n) is 6.25. The molecule has 0 spiro atoms. The zero-order valence-electron chi connectivity index (χ0n) is 12.9. The third-order valence-corrected chi connectivity index (χ3v) is 4.67. The number of carboxylic acid groups (broad SMARTS) is 1. The van der Waals surface area contributed by atoms with Crippen LogP contribution in [0.4, 0.5) is 0 Å². The molecule has 1 atom stereocenters. The van der Waals surface area contributed by atoms with E-state index < -0.39 is 12.0 Å². The van der Waals surface area contributed by atoms with Crippen LogP contribution in [0, 0.1) is 0 Å². The summed E-state index contributed by atoms with van der Waals surface area (Å²) in [4.78, 5) is 27.5. The van der Waals surface area contributed by atoms with Crippen LogP contribution in [0.1, 0.15) is 30.9 Å². The van der Waals surface area contributed by atoms with E-state index in [0.29, 0.717) is 6.54 Å². The first kappa shape index (κ1) is 15.0. The summed E-state index contributed by atoms with van der Waals surface area (Å²) in [5.74, 6) is -0.821. The van der Waals surface area contributed by atoms with Gasteiger partial charge in [0.05, 0.1) is 6.54 Å². The Balaban J connectivity index is 1.65. The maximum absolute atomic E-state index is 12.6. The molecule has 22 heavy (non-hydrogen) atoms. The van der Waals surface area contributed by atoms with Crippen LogP contribution in [0.5, 0.6) is 0 Å². The van der Waals surface area contributed by atoms with Gasteiger partial charge < -0.3 is 10.0 Å². The number of rotatable bonds is 5. The van der Waals surface area contributed by atoms with E-state index in [4.69, 9.17) is 0 Å². The number of hydrogen-bond donors (Lipinski definition) is 1. The fourth-order valence-corrected chi connectivity index (χ4v) is 3.10. The lowest BCUT2D eigenvalue weighted by Gasteiger charge is -2.32. The van der Waals surface area contributed by atoms with Crippen molar-refractivity contribution in [3.63, 3.8) is 0 Å². The molecular weight excluding hydrogens is 280 g/mol. The molecule has 118 valence electrons. The van der Waals surface area contributed by atoms with Gasteiger partial charge in [0, 0.05) is 19.1 Å². The molecule has 1 heterocycles. The molecule has 2 aliphatic rings. The highest BCUT2D eigenvalue weighted by atomic mass is 16.4. The first-order valence-corrected chi connectivity index (χ1v) is 7.89. The summed E-state index contributed by atoms with van der Waals surface area (Å²) in [6, 6.07) is 7.85. The van der Waals surface area contributed by atoms with Crippen LogP contribution in [0.25, 0.3) is 0 Å². The first-order chi connectivity index (χ1) is 10.6. The molecule has 1 aliphatic heterocycles. The zero-order valence-corrected chi connectivity index (χ0v) is 12.9. The van der Waals surface area contributed by atoms with Crippen molar-refractivity contribution in [1.82, 2.24) is 9.80 Å². The lowest BCUT2D eigenvalue weighted by atomic mass is 10.00. The summed E-state index contributed by atoms with van der Waals surface area (Å²) in [7, 11) is 0. The number of carboxylic acids is 1. The van der Waals surface area contributed by atoms with E-state index in [0.717, 1.165) is 25.8 Å². The van der Waals surface area contributed by atoms with Crippen molar-refractivity contribution in [3.05, 3.63) is 35.4 Å². The van der Waals surface area contributed by atoms with Crippen LogP contribution in [0.15, 0.2) is 24.3 Å². The SMILES string of the molecule is CC(C(=O)O)N(CC(=O)N1CCc2ccccc2C1)C1CC1. The van der Waals surface area contributed by atoms with Gasteiger partial charge in [0.2, 0.25) is 5.91 Å². The molecule has 0 radical (unpaired) electrons. The lowest BCUT2D eigenvalue weighted by molar-refractivity contribution is -0.144. The Labute approximate surface area is 130 Å². The number of amides is 1. The minimum Gasteiger partial charge on any atom is -0.480 e. The summed E-state index contributed by atoms with van der Waals surface area (Å²) in [6.07, 6.45) is 2.86. The summed E-state index contributed by atoms with van der Waals surface area (Å²) in [6.45, 7) is 3.23. The lowest BCUT2D eigenvalue weighted by Crippen LogP contribution is -2.48. The first-order valence-electron chi connectivity index (χ1n) is 7.89. The quantitative estimate of drug-likeness (QED) is 0.895. The molecule has 5 nitrogen and oxygen atoms in total. The van der Waals surface area contributed by atoms with Crippen molar-refractivity contribution in [2.75, 3.05) is 13.1 Å². The van der Waals surface area contributed by atoms with Gasteiger partial charge in [0.1, 0.15) is 6.04 Å². The number of carbonyl (C=O) groups excluding carboxylic acids is 1. The maximum Gasteiger partial charge on any atom is 0.320 e. The van der Waals surface area contributed by atoms with Gasteiger partial charge in [-0.2, -0.15) is 0 Å². The van der Waals surface area contributed by atoms with Gasteiger partial charge in [-0.25, -0.2) is 0 Å². The monoisotopic (exact) mass is 302 g/mol. The Kier molecular flexibility index (Phi) is 4.16. The van der Waals surface area contributed by atoms with Crippen LogP contribution < -0.4 is 0 Å². The zero-order chi connectivity index (χ0) is 15.7. The molecular formula is C17H22N2O3. The molecule has 5 heteroatoms. The van der Waals surface area contributed by atoms with Crippen molar-refractivity contribution in [2.24, 2.45) is 0 Å². The minimum absolute atomic E-state index is 0.0366. The van der Waals surface area contributed by atoms with Crippen LogP contribution in [0.2, 0.25) is 0 Å². The predicted molar refractivity (Wildman–Crippen MR) is 82.4 cm³/mol. The average molecular weight is 302 g/mol. The highest BCUT2D eigenvalue weighted by molar-refractivity contribution is 5.80. The Morgan fingerprint density at radius 3 is 2.64 bits per heavy atom. The van der Waals surface area contributed by atoms with E-state index >= 15 is 0 Å². The largest absolute Gasteiger partial charge is 0.480 e. The summed E-state index contributed by atoms with van der Waals surface area (Å²) < 4.78 is 0. The van der Waals surface area contributed by atoms with E-state index in [-0.39, 0.29) is 18.5 Å². The third-order valence-electron chi connectivity index (χ3n) is 4.67. The van der Waals surface area contributed by atoms with Crippen molar-refractivity contribution < 1.29 is 14.7 Å². The van der Waals surface area contributed by atoms with Crippen molar-refractivity contribution in [2.45, 2.75) is 44.8 Å². The molecule has 1 saturated carbocycles. The number of hydrogen-bond acceptors (Lipinski definition) is 3.